The van der Waals surface area contributed by atoms with E-state index in [9.17, 15) is 15.0 Å². The summed E-state index contributed by atoms with van der Waals surface area (Å²) in [4.78, 5) is 12.1. The second-order valence-electron chi connectivity index (χ2n) is 5.28. The van der Waals surface area contributed by atoms with Crippen molar-refractivity contribution < 1.29 is 15.0 Å². The summed E-state index contributed by atoms with van der Waals surface area (Å²) in [6.45, 7) is 2.18. The predicted molar refractivity (Wildman–Crippen MR) is 73.2 cm³/mol. The molecule has 0 aromatic heterocycles. The van der Waals surface area contributed by atoms with Gasteiger partial charge in [0.25, 0.3) is 5.91 Å². The maximum atomic E-state index is 12.1. The first-order chi connectivity index (χ1) is 9.06. The van der Waals surface area contributed by atoms with Gasteiger partial charge in [-0.05, 0) is 30.9 Å². The van der Waals surface area contributed by atoms with Gasteiger partial charge in [-0.25, -0.2) is 0 Å². The molecule has 0 aliphatic heterocycles. The highest BCUT2D eigenvalue weighted by atomic mass is 16.3. The topological polar surface area (TPSA) is 69.6 Å². The Morgan fingerprint density at radius 1 is 1.37 bits per heavy atom. The van der Waals surface area contributed by atoms with Crippen LogP contribution in [0.5, 0.6) is 5.75 Å². The van der Waals surface area contributed by atoms with Crippen molar-refractivity contribution in [2.45, 2.75) is 44.6 Å². The van der Waals surface area contributed by atoms with Crippen LogP contribution in [0.3, 0.4) is 0 Å². The van der Waals surface area contributed by atoms with E-state index in [0.29, 0.717) is 6.42 Å². The Bertz CT molecular complexity index is 464. The van der Waals surface area contributed by atoms with Gasteiger partial charge in [0.2, 0.25) is 0 Å². The lowest BCUT2D eigenvalue weighted by Gasteiger charge is -2.22. The Kier molecular flexibility index (Phi) is 4.10. The van der Waals surface area contributed by atoms with Crippen LogP contribution < -0.4 is 5.32 Å². The van der Waals surface area contributed by atoms with Crippen molar-refractivity contribution in [2.24, 2.45) is 0 Å². The number of amides is 1. The summed E-state index contributed by atoms with van der Waals surface area (Å²) in [5, 5.41) is 22.9. The van der Waals surface area contributed by atoms with Crippen LogP contribution in [-0.2, 0) is 6.42 Å². The van der Waals surface area contributed by atoms with Crippen LogP contribution in [0.4, 0.5) is 0 Å². The van der Waals surface area contributed by atoms with Crippen molar-refractivity contribution in [1.82, 2.24) is 5.32 Å². The van der Waals surface area contributed by atoms with Crippen molar-refractivity contribution >= 4 is 5.91 Å². The minimum absolute atomic E-state index is 0.0425. The quantitative estimate of drug-likeness (QED) is 0.778. The van der Waals surface area contributed by atoms with Crippen molar-refractivity contribution in [3.05, 3.63) is 29.3 Å². The maximum absolute atomic E-state index is 12.1. The number of aromatic hydroxyl groups is 1. The fourth-order valence-electron chi connectivity index (χ4n) is 2.61. The lowest BCUT2D eigenvalue weighted by molar-refractivity contribution is 0.0449. The zero-order valence-electron chi connectivity index (χ0n) is 11.3. The van der Waals surface area contributed by atoms with E-state index in [1.807, 2.05) is 6.92 Å². The fourth-order valence-corrected chi connectivity index (χ4v) is 2.61. The van der Waals surface area contributed by atoms with E-state index in [1.165, 1.54) is 0 Å². The summed E-state index contributed by atoms with van der Waals surface area (Å²) in [7, 11) is 0. The highest BCUT2D eigenvalue weighted by molar-refractivity contribution is 5.97. The number of phenolic OH excluding ortho intramolecular Hbond substituents is 1. The Morgan fingerprint density at radius 2 is 2.05 bits per heavy atom. The molecule has 3 N–H and O–H groups in total. The third-order valence-electron chi connectivity index (χ3n) is 3.86. The number of hydrogen-bond acceptors (Lipinski definition) is 3. The fraction of sp³-hybridized carbons (Fsp3) is 0.533. The number of carbonyl (C=O) groups is 1. The van der Waals surface area contributed by atoms with Crippen molar-refractivity contribution in [3.8, 4) is 5.75 Å². The zero-order chi connectivity index (χ0) is 13.9. The van der Waals surface area contributed by atoms with E-state index in [4.69, 9.17) is 0 Å². The summed E-state index contributed by atoms with van der Waals surface area (Å²) in [6.07, 6.45) is 4.14. The summed E-state index contributed by atoms with van der Waals surface area (Å²) in [5.74, 6) is -0.283. The number of nitrogens with one attached hydrogen (secondary N) is 1. The number of benzene rings is 1. The van der Waals surface area contributed by atoms with Gasteiger partial charge in [0, 0.05) is 6.54 Å². The molecule has 4 heteroatoms. The third kappa shape index (κ3) is 3.07. The van der Waals surface area contributed by atoms with Crippen molar-refractivity contribution in [2.75, 3.05) is 6.54 Å². The molecular formula is C15H21NO3. The van der Waals surface area contributed by atoms with Gasteiger partial charge < -0.3 is 15.5 Å². The summed E-state index contributed by atoms with van der Waals surface area (Å²) in [5.41, 5.74) is 0.265. The van der Waals surface area contributed by atoms with Crippen LogP contribution in [0.2, 0.25) is 0 Å². The maximum Gasteiger partial charge on any atom is 0.255 e. The van der Waals surface area contributed by atoms with Gasteiger partial charge in [-0.2, -0.15) is 0 Å². The molecule has 1 fully saturated rings. The molecule has 0 radical (unpaired) electrons. The first kappa shape index (κ1) is 13.9. The molecule has 1 aromatic carbocycles. The summed E-state index contributed by atoms with van der Waals surface area (Å²) >= 11 is 0. The number of aliphatic hydroxyl groups is 1. The minimum atomic E-state index is -0.770. The Morgan fingerprint density at radius 3 is 2.68 bits per heavy atom. The van der Waals surface area contributed by atoms with Crippen molar-refractivity contribution in [3.63, 3.8) is 0 Å². The highest BCUT2D eigenvalue weighted by Gasteiger charge is 2.31. The molecule has 19 heavy (non-hydrogen) atoms. The first-order valence-corrected chi connectivity index (χ1v) is 6.87. The lowest BCUT2D eigenvalue weighted by Crippen LogP contribution is -2.40. The second-order valence-corrected chi connectivity index (χ2v) is 5.28. The average Bonchev–Trinajstić information content (AvgIpc) is 2.84. The molecule has 0 heterocycles. The molecule has 0 spiro atoms. The molecule has 0 atom stereocenters. The Hall–Kier alpha value is -1.55. The van der Waals surface area contributed by atoms with Gasteiger partial charge in [0.05, 0.1) is 11.2 Å². The lowest BCUT2D eigenvalue weighted by atomic mass is 10.0. The molecule has 0 unspecified atom stereocenters. The smallest absolute Gasteiger partial charge is 0.255 e. The minimum Gasteiger partial charge on any atom is -0.507 e. The molecule has 4 nitrogen and oxygen atoms in total. The Labute approximate surface area is 113 Å². The third-order valence-corrected chi connectivity index (χ3v) is 3.86. The van der Waals surface area contributed by atoms with Crippen LogP contribution in [0, 0.1) is 0 Å². The van der Waals surface area contributed by atoms with Crippen LogP contribution >= 0.6 is 0 Å². The molecule has 104 valence electrons. The normalized spacial score (nSPS) is 17.4. The summed E-state index contributed by atoms with van der Waals surface area (Å²) < 4.78 is 0. The van der Waals surface area contributed by atoms with Crippen molar-refractivity contribution in [1.29, 1.82) is 0 Å². The standard InChI is InChI=1S/C15H21NO3/c1-2-11-6-5-7-12(13(11)17)14(18)16-10-15(19)8-3-4-9-15/h5-7,17,19H,2-4,8-10H2,1H3,(H,16,18). The van der Waals surface area contributed by atoms with Gasteiger partial charge in [0.1, 0.15) is 5.75 Å². The number of para-hydroxylation sites is 1. The molecule has 0 saturated heterocycles. The molecule has 0 bridgehead atoms. The average molecular weight is 263 g/mol. The van der Waals surface area contributed by atoms with Crippen LogP contribution in [0.1, 0.15) is 48.5 Å². The van der Waals surface area contributed by atoms with E-state index >= 15 is 0 Å². The SMILES string of the molecule is CCc1cccc(C(=O)NCC2(O)CCCC2)c1O. The van der Waals surface area contributed by atoms with Gasteiger partial charge in [-0.1, -0.05) is 31.9 Å². The molecule has 2 rings (SSSR count). The van der Waals surface area contributed by atoms with Crippen LogP contribution in [0.15, 0.2) is 18.2 Å². The predicted octanol–water partition coefficient (Wildman–Crippen LogP) is 1.99. The molecule has 1 aromatic rings. The van der Waals surface area contributed by atoms with E-state index in [0.717, 1.165) is 31.2 Å². The summed E-state index contributed by atoms with van der Waals surface area (Å²) in [6, 6.07) is 5.16. The van der Waals surface area contributed by atoms with Crippen LogP contribution in [0.25, 0.3) is 0 Å². The van der Waals surface area contributed by atoms with Gasteiger partial charge >= 0.3 is 0 Å². The molecule has 1 aliphatic carbocycles. The Balaban J connectivity index is 2.04. The van der Waals surface area contributed by atoms with E-state index in [1.54, 1.807) is 18.2 Å². The highest BCUT2D eigenvalue weighted by Crippen LogP contribution is 2.29. The van der Waals surface area contributed by atoms with Gasteiger partial charge in [-0.15, -0.1) is 0 Å². The number of rotatable bonds is 4. The van der Waals surface area contributed by atoms with E-state index in [2.05, 4.69) is 5.32 Å². The van der Waals surface area contributed by atoms with Gasteiger partial charge in [0.15, 0.2) is 0 Å². The number of hydrogen-bond donors (Lipinski definition) is 3. The van der Waals surface area contributed by atoms with E-state index < -0.39 is 5.60 Å². The first-order valence-electron chi connectivity index (χ1n) is 6.87. The second kappa shape index (κ2) is 5.61. The molecule has 1 aliphatic rings. The number of carbonyl (C=O) groups excluding carboxylic acids is 1. The monoisotopic (exact) mass is 263 g/mol. The number of phenols is 1. The van der Waals surface area contributed by atoms with E-state index in [-0.39, 0.29) is 23.8 Å². The van der Waals surface area contributed by atoms with Gasteiger partial charge in [-0.3, -0.25) is 4.79 Å². The molecule has 1 saturated carbocycles. The van der Waals surface area contributed by atoms with Crippen LogP contribution in [-0.4, -0.2) is 28.3 Å². The molecule has 1 amide bonds. The zero-order valence-corrected chi connectivity index (χ0v) is 11.3. The largest absolute Gasteiger partial charge is 0.507 e. The molecular weight excluding hydrogens is 242 g/mol. The number of aryl methyl sites for hydroxylation is 1.